The molecular weight excluding hydrogens is 144 g/mol. The summed E-state index contributed by atoms with van der Waals surface area (Å²) in [6.45, 7) is 0. The van der Waals surface area contributed by atoms with Crippen molar-refractivity contribution in [3.63, 3.8) is 0 Å². The first-order chi connectivity index (χ1) is 5.18. The van der Waals surface area contributed by atoms with Gasteiger partial charge >= 0.3 is 5.97 Å². The van der Waals surface area contributed by atoms with Gasteiger partial charge in [-0.15, -0.1) is 0 Å². The molecular formula is C8H7O3. The molecule has 0 saturated heterocycles. The third-order valence-electron chi connectivity index (χ3n) is 1.18. The second-order valence-corrected chi connectivity index (χ2v) is 2.07. The molecule has 0 aliphatic carbocycles. The summed E-state index contributed by atoms with van der Waals surface area (Å²) < 4.78 is 0. The van der Waals surface area contributed by atoms with Crippen molar-refractivity contribution in [3.05, 3.63) is 36.2 Å². The van der Waals surface area contributed by atoms with Crippen LogP contribution in [0.4, 0.5) is 0 Å². The van der Waals surface area contributed by atoms with Crippen molar-refractivity contribution >= 4 is 5.97 Å². The van der Waals surface area contributed by atoms with Crippen LogP contribution in [-0.2, 0) is 4.79 Å². The molecule has 0 spiro atoms. The van der Waals surface area contributed by atoms with E-state index in [0.717, 1.165) is 6.42 Å². The van der Waals surface area contributed by atoms with Crippen LogP contribution >= 0.6 is 0 Å². The largest absolute Gasteiger partial charge is 0.508 e. The number of aromatic hydroxyl groups is 1. The highest BCUT2D eigenvalue weighted by atomic mass is 16.4. The van der Waals surface area contributed by atoms with Gasteiger partial charge in [-0.05, 0) is 17.7 Å². The lowest BCUT2D eigenvalue weighted by molar-refractivity contribution is -0.132. The average Bonchev–Trinajstić information content (AvgIpc) is 1.93. The summed E-state index contributed by atoms with van der Waals surface area (Å²) in [4.78, 5) is 10.1. The molecule has 0 amide bonds. The fourth-order valence-corrected chi connectivity index (χ4v) is 0.713. The highest BCUT2D eigenvalue weighted by Gasteiger charge is 1.99. The van der Waals surface area contributed by atoms with Crippen molar-refractivity contribution in [2.75, 3.05) is 0 Å². The molecule has 11 heavy (non-hydrogen) atoms. The summed E-state index contributed by atoms with van der Waals surface area (Å²) in [7, 11) is 0. The number of hydrogen-bond acceptors (Lipinski definition) is 2. The standard InChI is InChI=1S/C8H7O3/c9-7-3-1-6(2-4-7)5-8(10)11/h1-5,9H,(H,10,11). The van der Waals surface area contributed by atoms with Gasteiger partial charge in [-0.3, -0.25) is 4.79 Å². The quantitative estimate of drug-likeness (QED) is 0.663. The van der Waals surface area contributed by atoms with E-state index in [-0.39, 0.29) is 5.75 Å². The van der Waals surface area contributed by atoms with Crippen molar-refractivity contribution in [2.24, 2.45) is 0 Å². The fraction of sp³-hybridized carbons (Fsp3) is 0. The third-order valence-corrected chi connectivity index (χ3v) is 1.18. The van der Waals surface area contributed by atoms with Gasteiger partial charge in [-0.2, -0.15) is 0 Å². The van der Waals surface area contributed by atoms with Gasteiger partial charge < -0.3 is 10.2 Å². The topological polar surface area (TPSA) is 57.5 Å². The minimum Gasteiger partial charge on any atom is -0.508 e. The first-order valence-corrected chi connectivity index (χ1v) is 3.05. The predicted octanol–water partition coefficient (Wildman–Crippen LogP) is 1.03. The maximum atomic E-state index is 10.1. The molecule has 1 aromatic rings. The molecule has 1 aromatic carbocycles. The molecule has 3 nitrogen and oxygen atoms in total. The van der Waals surface area contributed by atoms with Gasteiger partial charge in [0.15, 0.2) is 0 Å². The lowest BCUT2D eigenvalue weighted by Crippen LogP contribution is -1.95. The SMILES string of the molecule is O=C(O)[CH]c1ccc(O)cc1. The molecule has 1 radical (unpaired) electrons. The number of phenolic OH excluding ortho intramolecular Hbond substituents is 1. The van der Waals surface area contributed by atoms with Crippen molar-refractivity contribution in [2.45, 2.75) is 0 Å². The summed E-state index contributed by atoms with van der Waals surface area (Å²) in [5.41, 5.74) is 0.565. The zero-order chi connectivity index (χ0) is 8.27. The number of phenols is 1. The molecule has 1 rings (SSSR count). The minimum absolute atomic E-state index is 0.132. The number of carboxylic acid groups (broad SMARTS) is 1. The molecule has 0 unspecified atom stereocenters. The summed E-state index contributed by atoms with van der Waals surface area (Å²) in [5, 5.41) is 17.1. The Labute approximate surface area is 63.9 Å². The first-order valence-electron chi connectivity index (χ1n) is 3.05. The third kappa shape index (κ3) is 2.29. The van der Waals surface area contributed by atoms with E-state index in [0.29, 0.717) is 5.56 Å². The number of rotatable bonds is 2. The number of aliphatic carboxylic acids is 1. The Balaban J connectivity index is 2.74. The van der Waals surface area contributed by atoms with Crippen molar-refractivity contribution in [3.8, 4) is 5.75 Å². The molecule has 0 aromatic heterocycles. The van der Waals surface area contributed by atoms with Gasteiger partial charge in [0.1, 0.15) is 5.75 Å². The Bertz CT molecular complexity index is 251. The summed E-state index contributed by atoms with van der Waals surface area (Å²) in [6.07, 6.45) is 1.07. The Morgan fingerprint density at radius 1 is 1.27 bits per heavy atom. The Morgan fingerprint density at radius 2 is 1.82 bits per heavy atom. The van der Waals surface area contributed by atoms with E-state index in [1.807, 2.05) is 0 Å². The predicted molar refractivity (Wildman–Crippen MR) is 39.1 cm³/mol. The number of benzene rings is 1. The number of hydrogen-bond donors (Lipinski definition) is 2. The minimum atomic E-state index is -0.990. The van der Waals surface area contributed by atoms with Crippen LogP contribution in [0, 0.1) is 6.42 Å². The van der Waals surface area contributed by atoms with E-state index >= 15 is 0 Å². The van der Waals surface area contributed by atoms with E-state index in [2.05, 4.69) is 0 Å². The van der Waals surface area contributed by atoms with Crippen LogP contribution < -0.4 is 0 Å². The normalized spacial score (nSPS) is 9.45. The van der Waals surface area contributed by atoms with Crippen LogP contribution in [0.5, 0.6) is 5.75 Å². The molecule has 2 N–H and O–H groups in total. The van der Waals surface area contributed by atoms with Crippen LogP contribution in [0.3, 0.4) is 0 Å². The van der Waals surface area contributed by atoms with Crippen LogP contribution in [0.15, 0.2) is 24.3 Å². The molecule has 0 aliphatic heterocycles. The highest BCUT2D eigenvalue weighted by Crippen LogP contribution is 2.10. The fourth-order valence-electron chi connectivity index (χ4n) is 0.713. The molecule has 3 heteroatoms. The Morgan fingerprint density at radius 3 is 2.27 bits per heavy atom. The van der Waals surface area contributed by atoms with Crippen LogP contribution in [0.25, 0.3) is 0 Å². The first kappa shape index (κ1) is 7.60. The van der Waals surface area contributed by atoms with Gasteiger partial charge in [0, 0.05) is 0 Å². The zero-order valence-electron chi connectivity index (χ0n) is 5.69. The van der Waals surface area contributed by atoms with E-state index < -0.39 is 5.97 Å². The van der Waals surface area contributed by atoms with Gasteiger partial charge in [-0.25, -0.2) is 0 Å². The second kappa shape index (κ2) is 3.05. The summed E-state index contributed by atoms with van der Waals surface area (Å²) in [6, 6.07) is 5.94. The van der Waals surface area contributed by atoms with Crippen LogP contribution in [0.2, 0.25) is 0 Å². The monoisotopic (exact) mass is 151 g/mol. The van der Waals surface area contributed by atoms with E-state index in [1.54, 1.807) is 0 Å². The number of carboxylic acids is 1. The van der Waals surface area contributed by atoms with E-state index in [1.165, 1.54) is 24.3 Å². The highest BCUT2D eigenvalue weighted by molar-refractivity contribution is 5.81. The van der Waals surface area contributed by atoms with Crippen LogP contribution in [-0.4, -0.2) is 16.2 Å². The van der Waals surface area contributed by atoms with E-state index in [4.69, 9.17) is 10.2 Å². The average molecular weight is 151 g/mol. The maximum absolute atomic E-state index is 10.1. The smallest absolute Gasteiger partial charge is 0.312 e. The van der Waals surface area contributed by atoms with Crippen LogP contribution in [0.1, 0.15) is 5.56 Å². The Kier molecular flexibility index (Phi) is 2.11. The van der Waals surface area contributed by atoms with Crippen molar-refractivity contribution < 1.29 is 15.0 Å². The summed E-state index contributed by atoms with van der Waals surface area (Å²) >= 11 is 0. The Hall–Kier alpha value is -1.51. The molecule has 0 bridgehead atoms. The van der Waals surface area contributed by atoms with Gasteiger partial charge in [0.2, 0.25) is 0 Å². The molecule has 0 fully saturated rings. The molecule has 0 heterocycles. The van der Waals surface area contributed by atoms with Crippen molar-refractivity contribution in [1.29, 1.82) is 0 Å². The van der Waals surface area contributed by atoms with Crippen molar-refractivity contribution in [1.82, 2.24) is 0 Å². The number of carbonyl (C=O) groups is 1. The van der Waals surface area contributed by atoms with Gasteiger partial charge in [0.25, 0.3) is 0 Å². The zero-order valence-corrected chi connectivity index (χ0v) is 5.69. The van der Waals surface area contributed by atoms with Gasteiger partial charge in [0.05, 0.1) is 6.42 Å². The molecule has 0 saturated carbocycles. The maximum Gasteiger partial charge on any atom is 0.312 e. The molecule has 0 aliphatic rings. The van der Waals surface area contributed by atoms with Gasteiger partial charge in [-0.1, -0.05) is 12.1 Å². The lowest BCUT2D eigenvalue weighted by Gasteiger charge is -1.94. The summed E-state index contributed by atoms with van der Waals surface area (Å²) in [5.74, 6) is -0.858. The lowest BCUT2D eigenvalue weighted by atomic mass is 10.1. The van der Waals surface area contributed by atoms with E-state index in [9.17, 15) is 4.79 Å². The molecule has 0 atom stereocenters. The molecule has 57 valence electrons. The second-order valence-electron chi connectivity index (χ2n) is 2.07.